The number of nitriles is 1. The van der Waals surface area contributed by atoms with E-state index in [0.717, 1.165) is 10.6 Å². The topological polar surface area (TPSA) is 90.3 Å². The Hall–Kier alpha value is -2.56. The van der Waals surface area contributed by atoms with E-state index >= 15 is 0 Å². The number of halogens is 1. The average molecular weight is 364 g/mol. The molecule has 6 nitrogen and oxygen atoms in total. The van der Waals surface area contributed by atoms with Crippen LogP contribution in [0.3, 0.4) is 0 Å². The highest BCUT2D eigenvalue weighted by Gasteiger charge is 2.21. The third-order valence-corrected chi connectivity index (χ3v) is 4.43. The molecule has 2 aromatic rings. The van der Waals surface area contributed by atoms with Crippen LogP contribution in [-0.4, -0.2) is 27.1 Å². The molecule has 0 saturated heterocycles. The van der Waals surface area contributed by atoms with Gasteiger partial charge in [-0.1, -0.05) is 23.7 Å². The van der Waals surface area contributed by atoms with Gasteiger partial charge < -0.3 is 5.32 Å². The fourth-order valence-electron chi connectivity index (χ4n) is 2.03. The molecule has 8 heteroatoms. The Morgan fingerprint density at radius 1 is 1.25 bits per heavy atom. The second-order valence-electron chi connectivity index (χ2n) is 4.99. The summed E-state index contributed by atoms with van der Waals surface area (Å²) in [5.74, 6) is -0.532. The Balaban J connectivity index is 2.21. The molecule has 2 rings (SSSR count). The van der Waals surface area contributed by atoms with Crippen LogP contribution in [0.25, 0.3) is 0 Å². The van der Waals surface area contributed by atoms with Crippen molar-refractivity contribution < 1.29 is 13.2 Å². The van der Waals surface area contributed by atoms with Gasteiger partial charge in [0.25, 0.3) is 0 Å². The number of hydrogen-bond donors (Lipinski definition) is 1. The summed E-state index contributed by atoms with van der Waals surface area (Å²) in [6.07, 6.45) is 1.01. The molecule has 0 aliphatic carbocycles. The summed E-state index contributed by atoms with van der Waals surface area (Å²) in [5.41, 5.74) is 1.10. The Kier molecular flexibility index (Phi) is 5.44. The van der Waals surface area contributed by atoms with Gasteiger partial charge >= 0.3 is 0 Å². The highest BCUT2D eigenvalue weighted by molar-refractivity contribution is 7.92. The van der Waals surface area contributed by atoms with Crippen molar-refractivity contribution in [3.05, 3.63) is 59.1 Å². The van der Waals surface area contributed by atoms with Crippen molar-refractivity contribution in [1.29, 1.82) is 5.26 Å². The minimum atomic E-state index is -3.67. The first-order chi connectivity index (χ1) is 11.3. The monoisotopic (exact) mass is 363 g/mol. The van der Waals surface area contributed by atoms with Gasteiger partial charge in [-0.3, -0.25) is 9.10 Å². The number of anilines is 2. The van der Waals surface area contributed by atoms with Crippen LogP contribution in [0.4, 0.5) is 11.4 Å². The van der Waals surface area contributed by atoms with Crippen LogP contribution in [0.1, 0.15) is 5.56 Å². The summed E-state index contributed by atoms with van der Waals surface area (Å²) >= 11 is 5.89. The highest BCUT2D eigenvalue weighted by Crippen LogP contribution is 2.21. The number of sulfonamides is 1. The summed E-state index contributed by atoms with van der Waals surface area (Å²) in [5, 5.41) is 11.8. The lowest BCUT2D eigenvalue weighted by Gasteiger charge is -2.22. The number of amides is 1. The number of benzene rings is 2. The first kappa shape index (κ1) is 17.8. The maximum absolute atomic E-state index is 12.2. The molecule has 24 heavy (non-hydrogen) atoms. The van der Waals surface area contributed by atoms with Gasteiger partial charge in [-0.15, -0.1) is 0 Å². The summed E-state index contributed by atoms with van der Waals surface area (Å²) in [6, 6.07) is 14.5. The lowest BCUT2D eigenvalue weighted by Crippen LogP contribution is -2.37. The molecule has 1 amide bonds. The smallest absolute Gasteiger partial charge is 0.245 e. The van der Waals surface area contributed by atoms with Crippen LogP contribution < -0.4 is 9.62 Å². The van der Waals surface area contributed by atoms with Crippen molar-refractivity contribution in [2.24, 2.45) is 0 Å². The molecule has 0 heterocycles. The number of nitrogens with zero attached hydrogens (tertiary/aromatic N) is 2. The summed E-state index contributed by atoms with van der Waals surface area (Å²) in [4.78, 5) is 12.2. The van der Waals surface area contributed by atoms with Gasteiger partial charge in [-0.05, 0) is 36.4 Å². The molecule has 0 aromatic heterocycles. The number of rotatable bonds is 5. The zero-order valence-corrected chi connectivity index (χ0v) is 14.3. The molecule has 0 fully saturated rings. The number of nitrogens with one attached hydrogen (secondary N) is 1. The molecular formula is C16H14ClN3O3S. The SMILES string of the molecule is CS(=O)(=O)N(CC(=O)Nc1cccc(C#N)c1)c1cccc(Cl)c1. The highest BCUT2D eigenvalue weighted by atomic mass is 35.5. The molecule has 0 spiro atoms. The molecule has 0 radical (unpaired) electrons. The third-order valence-electron chi connectivity index (χ3n) is 3.06. The second kappa shape index (κ2) is 7.34. The first-order valence-electron chi connectivity index (χ1n) is 6.83. The second-order valence-corrected chi connectivity index (χ2v) is 7.33. The lowest BCUT2D eigenvalue weighted by atomic mass is 10.2. The summed E-state index contributed by atoms with van der Waals surface area (Å²) in [6.45, 7) is -0.407. The third kappa shape index (κ3) is 4.72. The van der Waals surface area contributed by atoms with Crippen LogP contribution in [0.2, 0.25) is 5.02 Å². The number of carbonyl (C=O) groups is 1. The molecule has 1 N–H and O–H groups in total. The average Bonchev–Trinajstić information content (AvgIpc) is 2.51. The van der Waals surface area contributed by atoms with Crippen molar-refractivity contribution >= 4 is 38.9 Å². The van der Waals surface area contributed by atoms with Crippen molar-refractivity contribution in [3.63, 3.8) is 0 Å². The van der Waals surface area contributed by atoms with E-state index in [1.807, 2.05) is 6.07 Å². The number of hydrogen-bond acceptors (Lipinski definition) is 4. The van der Waals surface area contributed by atoms with Crippen molar-refractivity contribution in [3.8, 4) is 6.07 Å². The van der Waals surface area contributed by atoms with E-state index < -0.39 is 22.5 Å². The normalized spacial score (nSPS) is 10.7. The zero-order chi connectivity index (χ0) is 17.7. The van der Waals surface area contributed by atoms with Crippen LogP contribution in [0.15, 0.2) is 48.5 Å². The van der Waals surface area contributed by atoms with Crippen LogP contribution in [0.5, 0.6) is 0 Å². The predicted octanol–water partition coefficient (Wildman–Crippen LogP) is 2.62. The molecule has 124 valence electrons. The van der Waals surface area contributed by atoms with Gasteiger partial charge in [0, 0.05) is 10.7 Å². The summed E-state index contributed by atoms with van der Waals surface area (Å²) < 4.78 is 24.9. The van der Waals surface area contributed by atoms with E-state index in [4.69, 9.17) is 16.9 Å². The van der Waals surface area contributed by atoms with E-state index in [-0.39, 0.29) is 0 Å². The Labute approximate surface area is 145 Å². The lowest BCUT2D eigenvalue weighted by molar-refractivity contribution is -0.114. The zero-order valence-electron chi connectivity index (χ0n) is 12.7. The Morgan fingerprint density at radius 3 is 2.58 bits per heavy atom. The van der Waals surface area contributed by atoms with E-state index in [0.29, 0.717) is 22.0 Å². The fourth-order valence-corrected chi connectivity index (χ4v) is 3.06. The molecule has 0 bridgehead atoms. The van der Waals surface area contributed by atoms with Crippen molar-refractivity contribution in [1.82, 2.24) is 0 Å². The van der Waals surface area contributed by atoms with Gasteiger partial charge in [-0.2, -0.15) is 5.26 Å². The first-order valence-corrected chi connectivity index (χ1v) is 9.05. The largest absolute Gasteiger partial charge is 0.324 e. The quantitative estimate of drug-likeness (QED) is 0.884. The maximum Gasteiger partial charge on any atom is 0.245 e. The minimum absolute atomic E-state index is 0.297. The van der Waals surface area contributed by atoms with E-state index in [9.17, 15) is 13.2 Å². The number of carbonyl (C=O) groups excluding carboxylic acids is 1. The van der Waals surface area contributed by atoms with E-state index in [1.54, 1.807) is 36.4 Å². The molecule has 0 saturated carbocycles. The van der Waals surface area contributed by atoms with Gasteiger partial charge in [0.1, 0.15) is 6.54 Å². The van der Waals surface area contributed by atoms with Gasteiger partial charge in [0.2, 0.25) is 15.9 Å². The Bertz CT molecular complexity index is 907. The molecule has 0 aliphatic rings. The molecule has 0 unspecified atom stereocenters. The molecular weight excluding hydrogens is 350 g/mol. The van der Waals surface area contributed by atoms with Crippen LogP contribution in [-0.2, 0) is 14.8 Å². The van der Waals surface area contributed by atoms with Gasteiger partial charge in [0.05, 0.1) is 23.6 Å². The fraction of sp³-hybridized carbons (Fsp3) is 0.125. The standard InChI is InChI=1S/C16H14ClN3O3S/c1-24(22,23)20(15-7-3-5-13(17)9-15)11-16(21)19-14-6-2-4-12(8-14)10-18/h2-9H,11H2,1H3,(H,19,21). The van der Waals surface area contributed by atoms with Gasteiger partial charge in [-0.25, -0.2) is 8.42 Å². The predicted molar refractivity (Wildman–Crippen MR) is 93.4 cm³/mol. The van der Waals surface area contributed by atoms with Crippen molar-refractivity contribution in [2.45, 2.75) is 0 Å². The van der Waals surface area contributed by atoms with E-state index in [1.165, 1.54) is 12.1 Å². The van der Waals surface area contributed by atoms with Crippen LogP contribution >= 0.6 is 11.6 Å². The molecule has 2 aromatic carbocycles. The molecule has 0 atom stereocenters. The van der Waals surface area contributed by atoms with Crippen molar-refractivity contribution in [2.75, 3.05) is 22.4 Å². The van der Waals surface area contributed by atoms with Crippen LogP contribution in [0, 0.1) is 11.3 Å². The Morgan fingerprint density at radius 2 is 1.96 bits per heavy atom. The summed E-state index contributed by atoms with van der Waals surface area (Å²) in [7, 11) is -3.67. The minimum Gasteiger partial charge on any atom is -0.324 e. The van der Waals surface area contributed by atoms with Gasteiger partial charge in [0.15, 0.2) is 0 Å². The maximum atomic E-state index is 12.2. The molecule has 0 aliphatic heterocycles. The van der Waals surface area contributed by atoms with E-state index in [2.05, 4.69) is 5.32 Å².